The standard InChI is InChI=1S/C18H23N7S.HI/c1-13-14(2)26-17(24-13)6-7-21-18(19-3)23-11-15-4-5-16(22-10-15)25-9-8-20-12-25;/h4-5,8-10,12H,6-7,11H2,1-3H3,(H2,19,21,23);1H. The Bertz CT molecular complexity index is 837. The van der Waals surface area contributed by atoms with Crippen LogP contribution >= 0.6 is 35.3 Å². The number of nitrogens with zero attached hydrogens (tertiary/aromatic N) is 5. The number of pyridine rings is 1. The fourth-order valence-electron chi connectivity index (χ4n) is 2.41. The Labute approximate surface area is 180 Å². The normalized spacial score (nSPS) is 11.1. The molecule has 3 aromatic heterocycles. The Balaban J connectivity index is 0.00000261. The summed E-state index contributed by atoms with van der Waals surface area (Å²) in [5.41, 5.74) is 2.21. The lowest BCUT2D eigenvalue weighted by Gasteiger charge is -2.11. The summed E-state index contributed by atoms with van der Waals surface area (Å²) in [5, 5.41) is 7.78. The second-order valence-corrected chi connectivity index (χ2v) is 7.13. The number of hydrogen-bond acceptors (Lipinski definition) is 5. The number of halogens is 1. The maximum absolute atomic E-state index is 4.56. The number of aryl methyl sites for hydroxylation is 2. The van der Waals surface area contributed by atoms with Crippen molar-refractivity contribution in [1.82, 2.24) is 30.2 Å². The van der Waals surface area contributed by atoms with Crippen molar-refractivity contribution in [2.45, 2.75) is 26.8 Å². The molecule has 0 aromatic carbocycles. The summed E-state index contributed by atoms with van der Waals surface area (Å²) in [6, 6.07) is 4.02. The van der Waals surface area contributed by atoms with E-state index in [2.05, 4.69) is 44.4 Å². The minimum absolute atomic E-state index is 0. The number of thiazole rings is 1. The Morgan fingerprint density at radius 3 is 2.70 bits per heavy atom. The van der Waals surface area contributed by atoms with Crippen molar-refractivity contribution in [3.05, 3.63) is 58.2 Å². The van der Waals surface area contributed by atoms with Crippen molar-refractivity contribution in [2.24, 2.45) is 4.99 Å². The molecule has 0 aliphatic carbocycles. The molecule has 2 N–H and O–H groups in total. The number of rotatable bonds is 6. The highest BCUT2D eigenvalue weighted by molar-refractivity contribution is 14.0. The van der Waals surface area contributed by atoms with Gasteiger partial charge in [-0.05, 0) is 25.5 Å². The molecule has 0 bridgehead atoms. The van der Waals surface area contributed by atoms with Crippen LogP contribution < -0.4 is 10.6 Å². The van der Waals surface area contributed by atoms with Crippen LogP contribution in [0.2, 0.25) is 0 Å². The van der Waals surface area contributed by atoms with E-state index in [9.17, 15) is 0 Å². The van der Waals surface area contributed by atoms with Crippen LogP contribution in [-0.2, 0) is 13.0 Å². The highest BCUT2D eigenvalue weighted by Crippen LogP contribution is 2.16. The number of guanidine groups is 1. The van der Waals surface area contributed by atoms with Crippen molar-refractivity contribution >= 4 is 41.3 Å². The topological polar surface area (TPSA) is 80.0 Å². The van der Waals surface area contributed by atoms with Crippen molar-refractivity contribution < 1.29 is 0 Å². The van der Waals surface area contributed by atoms with Gasteiger partial charge in [-0.25, -0.2) is 15.0 Å². The Hall–Kier alpha value is -2.01. The zero-order valence-electron chi connectivity index (χ0n) is 15.6. The molecule has 3 aromatic rings. The molecule has 0 aliphatic rings. The summed E-state index contributed by atoms with van der Waals surface area (Å²) in [6.45, 7) is 5.61. The zero-order chi connectivity index (χ0) is 18.4. The van der Waals surface area contributed by atoms with Gasteiger partial charge in [-0.3, -0.25) is 9.56 Å². The SMILES string of the molecule is CN=C(NCCc1nc(C)c(C)s1)NCc1ccc(-n2ccnc2)nc1.I. The molecule has 0 unspecified atom stereocenters. The molecule has 3 rings (SSSR count). The van der Waals surface area contributed by atoms with Gasteiger partial charge in [0.1, 0.15) is 12.1 Å². The van der Waals surface area contributed by atoms with Gasteiger partial charge in [-0.1, -0.05) is 6.07 Å². The van der Waals surface area contributed by atoms with Crippen molar-refractivity contribution in [3.63, 3.8) is 0 Å². The fourth-order valence-corrected chi connectivity index (χ4v) is 3.34. The molecule has 9 heteroatoms. The van der Waals surface area contributed by atoms with Crippen molar-refractivity contribution in [2.75, 3.05) is 13.6 Å². The van der Waals surface area contributed by atoms with Crippen molar-refractivity contribution in [3.8, 4) is 5.82 Å². The summed E-state index contributed by atoms with van der Waals surface area (Å²) < 4.78 is 1.87. The van der Waals surface area contributed by atoms with Gasteiger partial charge in [0.15, 0.2) is 5.96 Å². The summed E-state index contributed by atoms with van der Waals surface area (Å²) in [4.78, 5) is 18.6. The molecule has 144 valence electrons. The monoisotopic (exact) mass is 497 g/mol. The lowest BCUT2D eigenvalue weighted by molar-refractivity contribution is 0.788. The molecule has 0 radical (unpaired) electrons. The maximum Gasteiger partial charge on any atom is 0.191 e. The Kier molecular flexibility index (Phi) is 8.17. The second-order valence-electron chi connectivity index (χ2n) is 5.85. The molecule has 0 saturated heterocycles. The van der Waals surface area contributed by atoms with E-state index in [1.54, 1.807) is 30.9 Å². The van der Waals surface area contributed by atoms with Crippen LogP contribution in [0.15, 0.2) is 42.0 Å². The Morgan fingerprint density at radius 1 is 1.26 bits per heavy atom. The lowest BCUT2D eigenvalue weighted by atomic mass is 10.3. The second kappa shape index (κ2) is 10.4. The van der Waals surface area contributed by atoms with E-state index >= 15 is 0 Å². The molecule has 3 heterocycles. The van der Waals surface area contributed by atoms with Gasteiger partial charge in [0.25, 0.3) is 0 Å². The highest BCUT2D eigenvalue weighted by atomic mass is 127. The fraction of sp³-hybridized carbons (Fsp3) is 0.333. The van der Waals surface area contributed by atoms with E-state index in [-0.39, 0.29) is 24.0 Å². The van der Waals surface area contributed by atoms with Crippen LogP contribution in [-0.4, -0.2) is 39.1 Å². The molecule has 7 nitrogen and oxygen atoms in total. The minimum atomic E-state index is 0. The average Bonchev–Trinajstić information content (AvgIpc) is 3.29. The van der Waals surface area contributed by atoms with Gasteiger partial charge in [0.05, 0.1) is 10.7 Å². The first-order valence-corrected chi connectivity index (χ1v) is 9.28. The van der Waals surface area contributed by atoms with E-state index in [4.69, 9.17) is 0 Å². The molecule has 0 aliphatic heterocycles. The smallest absolute Gasteiger partial charge is 0.191 e. The summed E-state index contributed by atoms with van der Waals surface area (Å²) in [7, 11) is 1.77. The van der Waals surface area contributed by atoms with Gasteiger partial charge >= 0.3 is 0 Å². The molecule has 27 heavy (non-hydrogen) atoms. The third kappa shape index (κ3) is 5.99. The number of aliphatic imine (C=N–C) groups is 1. The van der Waals surface area contributed by atoms with Crippen LogP contribution in [0.3, 0.4) is 0 Å². The maximum atomic E-state index is 4.56. The van der Waals surface area contributed by atoms with Crippen LogP contribution in [0.4, 0.5) is 0 Å². The van der Waals surface area contributed by atoms with Gasteiger partial charge in [-0.15, -0.1) is 35.3 Å². The number of nitrogens with one attached hydrogen (secondary N) is 2. The quantitative estimate of drug-likeness (QED) is 0.311. The first-order valence-electron chi connectivity index (χ1n) is 8.46. The zero-order valence-corrected chi connectivity index (χ0v) is 18.8. The van der Waals surface area contributed by atoms with Crippen LogP contribution in [0, 0.1) is 13.8 Å². The molecular weight excluding hydrogens is 473 g/mol. The Morgan fingerprint density at radius 2 is 2.11 bits per heavy atom. The summed E-state index contributed by atoms with van der Waals surface area (Å²) in [5.74, 6) is 1.62. The predicted octanol–water partition coefficient (Wildman–Crippen LogP) is 2.87. The summed E-state index contributed by atoms with van der Waals surface area (Å²) >= 11 is 1.76. The largest absolute Gasteiger partial charge is 0.356 e. The van der Waals surface area contributed by atoms with E-state index in [0.29, 0.717) is 6.54 Å². The molecule has 0 saturated carbocycles. The van der Waals surface area contributed by atoms with Gasteiger partial charge in [0, 0.05) is 50.0 Å². The highest BCUT2D eigenvalue weighted by Gasteiger charge is 2.04. The molecule has 0 fully saturated rings. The molecular formula is C18H24IN7S. The predicted molar refractivity (Wildman–Crippen MR) is 120 cm³/mol. The number of imidazole rings is 1. The average molecular weight is 497 g/mol. The lowest BCUT2D eigenvalue weighted by Crippen LogP contribution is -2.37. The number of hydrogen-bond donors (Lipinski definition) is 2. The number of aromatic nitrogens is 4. The third-order valence-corrected chi connectivity index (χ3v) is 5.10. The van der Waals surface area contributed by atoms with Gasteiger partial charge in [0.2, 0.25) is 0 Å². The first-order chi connectivity index (χ1) is 12.7. The summed E-state index contributed by atoms with van der Waals surface area (Å²) in [6.07, 6.45) is 8.09. The van der Waals surface area contributed by atoms with Gasteiger partial charge < -0.3 is 10.6 Å². The molecule has 0 atom stereocenters. The van der Waals surface area contributed by atoms with Crippen LogP contribution in [0.25, 0.3) is 5.82 Å². The van der Waals surface area contributed by atoms with Crippen molar-refractivity contribution in [1.29, 1.82) is 0 Å². The third-order valence-electron chi connectivity index (χ3n) is 3.97. The van der Waals surface area contributed by atoms with E-state index in [1.165, 1.54) is 4.88 Å². The van der Waals surface area contributed by atoms with E-state index in [0.717, 1.165) is 41.0 Å². The molecule has 0 spiro atoms. The van der Waals surface area contributed by atoms with E-state index < -0.39 is 0 Å². The van der Waals surface area contributed by atoms with Gasteiger partial charge in [-0.2, -0.15) is 0 Å². The first kappa shape index (κ1) is 21.3. The molecule has 0 amide bonds. The van der Waals surface area contributed by atoms with Crippen LogP contribution in [0.5, 0.6) is 0 Å². The minimum Gasteiger partial charge on any atom is -0.356 e. The van der Waals surface area contributed by atoms with E-state index in [1.807, 2.05) is 29.1 Å². The van der Waals surface area contributed by atoms with Crippen LogP contribution in [0.1, 0.15) is 21.1 Å².